The van der Waals surface area contributed by atoms with Crippen LogP contribution in [0.25, 0.3) is 0 Å². The summed E-state index contributed by atoms with van der Waals surface area (Å²) in [7, 11) is 0. The van der Waals surface area contributed by atoms with Crippen LogP contribution < -0.4 is 0 Å². The molecule has 4 nitrogen and oxygen atoms in total. The van der Waals surface area contributed by atoms with Crippen molar-refractivity contribution in [3.05, 3.63) is 0 Å². The van der Waals surface area contributed by atoms with Gasteiger partial charge in [-0.15, -0.1) is 0 Å². The van der Waals surface area contributed by atoms with Crippen LogP contribution in [0.5, 0.6) is 0 Å². The van der Waals surface area contributed by atoms with E-state index in [1.807, 2.05) is 0 Å². The van der Waals surface area contributed by atoms with Gasteiger partial charge in [0.2, 0.25) is 0 Å². The van der Waals surface area contributed by atoms with Crippen molar-refractivity contribution in [2.24, 2.45) is 0 Å². The van der Waals surface area contributed by atoms with Gasteiger partial charge < -0.3 is 14.3 Å². The van der Waals surface area contributed by atoms with E-state index in [9.17, 15) is 9.59 Å². The molecule has 0 aromatic rings. The number of aldehydes is 1. The smallest absolute Gasteiger partial charge is 0.305 e. The molecule has 1 saturated heterocycles. The van der Waals surface area contributed by atoms with Gasteiger partial charge >= 0.3 is 5.97 Å². The first-order chi connectivity index (χ1) is 6.27. The SMILES string of the molecule is CCOC(=O)CCC[C@@H]1O[C@H]1C=O. The third-order valence-electron chi connectivity index (χ3n) is 1.93. The highest BCUT2D eigenvalue weighted by atomic mass is 16.6. The Hall–Kier alpha value is -0.900. The van der Waals surface area contributed by atoms with Crippen LogP contribution >= 0.6 is 0 Å². The highest BCUT2D eigenvalue weighted by Gasteiger charge is 2.37. The lowest BCUT2D eigenvalue weighted by Gasteiger charge is -1.99. The molecule has 1 heterocycles. The Morgan fingerprint density at radius 1 is 1.62 bits per heavy atom. The number of hydrogen-bond donors (Lipinski definition) is 0. The van der Waals surface area contributed by atoms with E-state index in [0.717, 1.165) is 19.1 Å². The summed E-state index contributed by atoms with van der Waals surface area (Å²) in [5, 5.41) is 0. The average molecular weight is 186 g/mol. The lowest BCUT2D eigenvalue weighted by molar-refractivity contribution is -0.143. The van der Waals surface area contributed by atoms with E-state index in [4.69, 9.17) is 9.47 Å². The van der Waals surface area contributed by atoms with Gasteiger partial charge in [0, 0.05) is 6.42 Å². The number of rotatable bonds is 6. The summed E-state index contributed by atoms with van der Waals surface area (Å²) in [4.78, 5) is 21.0. The second-order valence-electron chi connectivity index (χ2n) is 2.97. The van der Waals surface area contributed by atoms with Crippen LogP contribution in [0.1, 0.15) is 26.2 Å². The quantitative estimate of drug-likeness (QED) is 0.348. The van der Waals surface area contributed by atoms with Crippen molar-refractivity contribution in [1.82, 2.24) is 0 Å². The van der Waals surface area contributed by atoms with E-state index in [0.29, 0.717) is 13.0 Å². The topological polar surface area (TPSA) is 55.9 Å². The minimum absolute atomic E-state index is 0.0481. The largest absolute Gasteiger partial charge is 0.466 e. The lowest BCUT2D eigenvalue weighted by atomic mass is 10.1. The van der Waals surface area contributed by atoms with Crippen LogP contribution in [0.3, 0.4) is 0 Å². The Morgan fingerprint density at radius 2 is 2.38 bits per heavy atom. The number of epoxide rings is 1. The predicted molar refractivity (Wildman–Crippen MR) is 45.2 cm³/mol. The van der Waals surface area contributed by atoms with Crippen molar-refractivity contribution in [1.29, 1.82) is 0 Å². The summed E-state index contributed by atoms with van der Waals surface area (Å²) < 4.78 is 9.74. The van der Waals surface area contributed by atoms with Crippen LogP contribution in [0.2, 0.25) is 0 Å². The van der Waals surface area contributed by atoms with Crippen LogP contribution in [0.15, 0.2) is 0 Å². The Morgan fingerprint density at radius 3 is 2.92 bits per heavy atom. The Bertz CT molecular complexity index is 190. The summed E-state index contributed by atoms with van der Waals surface area (Å²) in [6.45, 7) is 2.21. The molecule has 0 radical (unpaired) electrons. The Kier molecular flexibility index (Phi) is 3.89. The van der Waals surface area contributed by atoms with E-state index < -0.39 is 0 Å². The third kappa shape index (κ3) is 3.55. The summed E-state index contributed by atoms with van der Waals surface area (Å²) in [5.74, 6) is -0.175. The molecule has 1 fully saturated rings. The van der Waals surface area contributed by atoms with E-state index >= 15 is 0 Å². The van der Waals surface area contributed by atoms with Gasteiger partial charge in [-0.25, -0.2) is 0 Å². The van der Waals surface area contributed by atoms with Crippen molar-refractivity contribution >= 4 is 12.3 Å². The van der Waals surface area contributed by atoms with Gasteiger partial charge in [0.1, 0.15) is 6.10 Å². The maximum Gasteiger partial charge on any atom is 0.305 e. The number of ether oxygens (including phenoxy) is 2. The molecule has 0 aromatic heterocycles. The molecule has 1 aliphatic rings. The first kappa shape index (κ1) is 10.2. The number of hydrogen-bond acceptors (Lipinski definition) is 4. The first-order valence-electron chi connectivity index (χ1n) is 4.54. The summed E-state index contributed by atoms with van der Waals surface area (Å²) in [6.07, 6.45) is 2.54. The van der Waals surface area contributed by atoms with Crippen molar-refractivity contribution in [3.8, 4) is 0 Å². The second kappa shape index (κ2) is 4.97. The fraction of sp³-hybridized carbons (Fsp3) is 0.778. The van der Waals surface area contributed by atoms with Crippen LogP contribution in [-0.4, -0.2) is 31.1 Å². The van der Waals surface area contributed by atoms with E-state index in [1.54, 1.807) is 6.92 Å². The van der Waals surface area contributed by atoms with E-state index in [2.05, 4.69) is 0 Å². The maximum atomic E-state index is 10.9. The summed E-state index contributed by atoms with van der Waals surface area (Å²) >= 11 is 0. The molecule has 1 aliphatic heterocycles. The van der Waals surface area contributed by atoms with E-state index in [-0.39, 0.29) is 18.2 Å². The molecular formula is C9H14O4. The summed E-state index contributed by atoms with van der Waals surface area (Å²) in [5.41, 5.74) is 0. The first-order valence-corrected chi connectivity index (χ1v) is 4.54. The zero-order chi connectivity index (χ0) is 9.68. The molecular weight excluding hydrogens is 172 g/mol. The molecule has 0 aromatic carbocycles. The molecule has 1 rings (SSSR count). The van der Waals surface area contributed by atoms with Gasteiger partial charge in [0.15, 0.2) is 6.29 Å². The number of esters is 1. The van der Waals surface area contributed by atoms with E-state index in [1.165, 1.54) is 0 Å². The summed E-state index contributed by atoms with van der Waals surface area (Å²) in [6, 6.07) is 0. The van der Waals surface area contributed by atoms with Gasteiger partial charge in [-0.3, -0.25) is 4.79 Å². The fourth-order valence-corrected chi connectivity index (χ4v) is 1.19. The van der Waals surface area contributed by atoms with Crippen LogP contribution in [-0.2, 0) is 19.1 Å². The predicted octanol–water partition coefficient (Wildman–Crippen LogP) is 0.686. The number of carbonyl (C=O) groups is 2. The Labute approximate surface area is 77.2 Å². The molecule has 0 unspecified atom stereocenters. The number of carbonyl (C=O) groups excluding carboxylic acids is 2. The zero-order valence-corrected chi connectivity index (χ0v) is 7.69. The van der Waals surface area contributed by atoms with Gasteiger partial charge in [-0.05, 0) is 19.8 Å². The minimum atomic E-state index is -0.220. The molecule has 0 aliphatic carbocycles. The van der Waals surface area contributed by atoms with Crippen molar-refractivity contribution in [2.75, 3.05) is 6.61 Å². The molecule has 0 spiro atoms. The van der Waals surface area contributed by atoms with Gasteiger partial charge in [0.25, 0.3) is 0 Å². The molecule has 74 valence electrons. The van der Waals surface area contributed by atoms with Gasteiger partial charge in [-0.1, -0.05) is 0 Å². The maximum absolute atomic E-state index is 10.9. The molecule has 2 atom stereocenters. The standard InChI is InChI=1S/C9H14O4/c1-2-12-9(11)5-3-4-7-8(6-10)13-7/h6-8H,2-5H2,1H3/t7-,8-/m0/s1. The van der Waals surface area contributed by atoms with Gasteiger partial charge in [0.05, 0.1) is 12.7 Å². The fourth-order valence-electron chi connectivity index (χ4n) is 1.19. The van der Waals surface area contributed by atoms with Crippen LogP contribution in [0.4, 0.5) is 0 Å². The van der Waals surface area contributed by atoms with Crippen molar-refractivity contribution < 1.29 is 19.1 Å². The molecule has 0 N–H and O–H groups in total. The zero-order valence-electron chi connectivity index (χ0n) is 7.69. The molecule has 13 heavy (non-hydrogen) atoms. The molecule has 0 amide bonds. The highest BCUT2D eigenvalue weighted by molar-refractivity contribution is 5.69. The van der Waals surface area contributed by atoms with Gasteiger partial charge in [-0.2, -0.15) is 0 Å². The van der Waals surface area contributed by atoms with Crippen LogP contribution in [0, 0.1) is 0 Å². The van der Waals surface area contributed by atoms with Crippen molar-refractivity contribution in [3.63, 3.8) is 0 Å². The monoisotopic (exact) mass is 186 g/mol. The molecule has 0 saturated carbocycles. The molecule has 4 heteroatoms. The normalized spacial score (nSPS) is 25.3. The van der Waals surface area contributed by atoms with Crippen molar-refractivity contribution in [2.45, 2.75) is 38.4 Å². The molecule has 0 bridgehead atoms. The minimum Gasteiger partial charge on any atom is -0.466 e. The Balaban J connectivity index is 1.95. The lowest BCUT2D eigenvalue weighted by Crippen LogP contribution is -2.04. The third-order valence-corrected chi connectivity index (χ3v) is 1.93. The second-order valence-corrected chi connectivity index (χ2v) is 2.97. The highest BCUT2D eigenvalue weighted by Crippen LogP contribution is 2.24. The average Bonchev–Trinajstić information content (AvgIpc) is 2.84.